The number of methoxy groups -OCH3 is 1. The number of fused-ring (bicyclic) bond motifs is 1. The fourth-order valence-electron chi connectivity index (χ4n) is 3.25. The van der Waals surface area contributed by atoms with E-state index in [2.05, 4.69) is 0 Å². The first-order chi connectivity index (χ1) is 8.86. The molecule has 6 heteroatoms. The van der Waals surface area contributed by atoms with Gasteiger partial charge in [-0.1, -0.05) is 0 Å². The van der Waals surface area contributed by atoms with Crippen LogP contribution in [0.4, 0.5) is 0 Å². The monoisotopic (exact) mass is 272 g/mol. The molecule has 0 radical (unpaired) electrons. The highest BCUT2D eigenvalue weighted by Crippen LogP contribution is 2.43. The molecule has 1 saturated heterocycles. The van der Waals surface area contributed by atoms with Gasteiger partial charge in [0.05, 0.1) is 5.92 Å². The maximum Gasteiger partial charge on any atom is 0.303 e. The Labute approximate surface area is 112 Å². The molecule has 2 fully saturated rings. The van der Waals surface area contributed by atoms with Crippen LogP contribution in [-0.2, 0) is 23.8 Å². The molecule has 0 spiro atoms. The molecule has 5 atom stereocenters. The molecule has 108 valence electrons. The fraction of sp³-hybridized carbons (Fsp3) is 0.846. The summed E-state index contributed by atoms with van der Waals surface area (Å²) >= 11 is 0. The first-order valence-corrected chi connectivity index (χ1v) is 6.39. The molecule has 19 heavy (non-hydrogen) atoms. The lowest BCUT2D eigenvalue weighted by Crippen LogP contribution is -2.59. The Morgan fingerprint density at radius 3 is 2.84 bits per heavy atom. The van der Waals surface area contributed by atoms with Gasteiger partial charge in [-0.25, -0.2) is 0 Å². The predicted octanol–water partition coefficient (Wildman–Crippen LogP) is -0.0805. The molecule has 0 amide bonds. The molecule has 0 aromatic heterocycles. The summed E-state index contributed by atoms with van der Waals surface area (Å²) in [4.78, 5) is 23.1. The van der Waals surface area contributed by atoms with Crippen LogP contribution in [0.15, 0.2) is 0 Å². The SMILES string of the molecule is COC[C@@H]1C[C@@](C)(O)[C@@H](OC(C)=O)[C@H]2OCC(=O)[C@@H]12. The maximum atomic E-state index is 11.9. The van der Waals surface area contributed by atoms with Gasteiger partial charge in [0.25, 0.3) is 0 Å². The van der Waals surface area contributed by atoms with Gasteiger partial charge in [0, 0.05) is 20.6 Å². The Bertz CT molecular complexity index is 377. The summed E-state index contributed by atoms with van der Waals surface area (Å²) in [6, 6.07) is 0. The van der Waals surface area contributed by atoms with E-state index in [0.717, 1.165) is 0 Å². The van der Waals surface area contributed by atoms with Gasteiger partial charge in [0.1, 0.15) is 18.3 Å². The molecular formula is C13H20O6. The van der Waals surface area contributed by atoms with Gasteiger partial charge in [-0.05, 0) is 19.3 Å². The lowest BCUT2D eigenvalue weighted by molar-refractivity contribution is -0.202. The van der Waals surface area contributed by atoms with Crippen LogP contribution in [0.1, 0.15) is 20.3 Å². The molecule has 6 nitrogen and oxygen atoms in total. The third-order valence-electron chi connectivity index (χ3n) is 3.91. The Kier molecular flexibility index (Phi) is 3.94. The summed E-state index contributed by atoms with van der Waals surface area (Å²) in [6.45, 7) is 3.26. The summed E-state index contributed by atoms with van der Waals surface area (Å²) in [7, 11) is 1.56. The first-order valence-electron chi connectivity index (χ1n) is 6.39. The molecule has 1 aliphatic heterocycles. The van der Waals surface area contributed by atoms with Gasteiger partial charge in [-0.15, -0.1) is 0 Å². The van der Waals surface area contributed by atoms with Crippen LogP contribution < -0.4 is 0 Å². The third kappa shape index (κ3) is 2.66. The van der Waals surface area contributed by atoms with E-state index in [1.807, 2.05) is 0 Å². The van der Waals surface area contributed by atoms with E-state index < -0.39 is 23.8 Å². The highest BCUT2D eigenvalue weighted by molar-refractivity contribution is 5.85. The van der Waals surface area contributed by atoms with Gasteiger partial charge < -0.3 is 19.3 Å². The zero-order chi connectivity index (χ0) is 14.2. The van der Waals surface area contributed by atoms with Gasteiger partial charge in [-0.3, -0.25) is 9.59 Å². The van der Waals surface area contributed by atoms with Crippen LogP contribution in [0.2, 0.25) is 0 Å². The van der Waals surface area contributed by atoms with E-state index in [1.165, 1.54) is 6.92 Å². The van der Waals surface area contributed by atoms with Gasteiger partial charge in [-0.2, -0.15) is 0 Å². The van der Waals surface area contributed by atoms with Crippen LogP contribution in [0.5, 0.6) is 0 Å². The average Bonchev–Trinajstić information content (AvgIpc) is 2.66. The van der Waals surface area contributed by atoms with Crippen molar-refractivity contribution in [3.05, 3.63) is 0 Å². The number of carbonyl (C=O) groups is 2. The summed E-state index contributed by atoms with van der Waals surface area (Å²) in [5.74, 6) is -0.992. The van der Waals surface area contributed by atoms with Crippen molar-refractivity contribution in [1.82, 2.24) is 0 Å². The second-order valence-corrected chi connectivity index (χ2v) is 5.57. The van der Waals surface area contributed by atoms with E-state index in [0.29, 0.717) is 13.0 Å². The molecule has 1 heterocycles. The summed E-state index contributed by atoms with van der Waals surface area (Å²) in [5.41, 5.74) is -1.22. The summed E-state index contributed by atoms with van der Waals surface area (Å²) in [6.07, 6.45) is -1.05. The number of aliphatic hydroxyl groups is 1. The minimum absolute atomic E-state index is 0.00337. The molecule has 0 bridgehead atoms. The number of carbonyl (C=O) groups excluding carboxylic acids is 2. The lowest BCUT2D eigenvalue weighted by Gasteiger charge is -2.45. The second kappa shape index (κ2) is 5.19. The first kappa shape index (κ1) is 14.4. The van der Waals surface area contributed by atoms with E-state index >= 15 is 0 Å². The number of ether oxygens (including phenoxy) is 3. The summed E-state index contributed by atoms with van der Waals surface area (Å²) in [5, 5.41) is 10.5. The lowest BCUT2D eigenvalue weighted by atomic mass is 9.68. The zero-order valence-electron chi connectivity index (χ0n) is 11.4. The van der Waals surface area contributed by atoms with Crippen molar-refractivity contribution in [2.24, 2.45) is 11.8 Å². The molecule has 0 aromatic rings. The van der Waals surface area contributed by atoms with Crippen molar-refractivity contribution in [2.75, 3.05) is 20.3 Å². The van der Waals surface area contributed by atoms with E-state index in [9.17, 15) is 14.7 Å². The molecule has 2 aliphatic rings. The van der Waals surface area contributed by atoms with E-state index in [-0.39, 0.29) is 24.2 Å². The van der Waals surface area contributed by atoms with E-state index in [1.54, 1.807) is 14.0 Å². The number of hydrogen-bond donors (Lipinski definition) is 1. The highest BCUT2D eigenvalue weighted by atomic mass is 16.6. The topological polar surface area (TPSA) is 82.1 Å². The Balaban J connectivity index is 2.27. The number of hydrogen-bond acceptors (Lipinski definition) is 6. The van der Waals surface area contributed by atoms with Crippen molar-refractivity contribution in [2.45, 2.75) is 38.1 Å². The maximum absolute atomic E-state index is 11.9. The highest BCUT2D eigenvalue weighted by Gasteiger charge is 2.57. The number of rotatable bonds is 3. The van der Waals surface area contributed by atoms with Crippen molar-refractivity contribution < 1.29 is 28.9 Å². The number of esters is 1. The van der Waals surface area contributed by atoms with Crippen molar-refractivity contribution >= 4 is 11.8 Å². The Hall–Kier alpha value is -0.980. The summed E-state index contributed by atoms with van der Waals surface area (Å²) < 4.78 is 15.8. The van der Waals surface area contributed by atoms with Crippen molar-refractivity contribution in [3.63, 3.8) is 0 Å². The minimum Gasteiger partial charge on any atom is -0.457 e. The normalized spacial score (nSPS) is 42.0. The molecule has 0 unspecified atom stereocenters. The smallest absolute Gasteiger partial charge is 0.303 e. The van der Waals surface area contributed by atoms with Crippen LogP contribution in [-0.4, -0.2) is 55.0 Å². The van der Waals surface area contributed by atoms with Crippen LogP contribution in [0, 0.1) is 11.8 Å². The molecule has 1 aliphatic carbocycles. The van der Waals surface area contributed by atoms with Crippen molar-refractivity contribution in [3.8, 4) is 0 Å². The van der Waals surface area contributed by atoms with Gasteiger partial charge >= 0.3 is 5.97 Å². The predicted molar refractivity (Wildman–Crippen MR) is 64.4 cm³/mol. The average molecular weight is 272 g/mol. The minimum atomic E-state index is -1.22. The van der Waals surface area contributed by atoms with Crippen molar-refractivity contribution in [1.29, 1.82) is 0 Å². The van der Waals surface area contributed by atoms with Crippen LogP contribution >= 0.6 is 0 Å². The Morgan fingerprint density at radius 2 is 2.26 bits per heavy atom. The molecule has 0 aromatic carbocycles. The van der Waals surface area contributed by atoms with Crippen LogP contribution in [0.25, 0.3) is 0 Å². The standard InChI is InChI=1S/C13H20O6/c1-7(14)19-12-11-10(9(15)6-18-11)8(5-17-3)4-13(12,2)16/h8,10-12,16H,4-6H2,1-3H3/t8-,10+,11-,12-,13+/m0/s1. The second-order valence-electron chi connectivity index (χ2n) is 5.57. The zero-order valence-corrected chi connectivity index (χ0v) is 11.4. The van der Waals surface area contributed by atoms with E-state index in [4.69, 9.17) is 14.2 Å². The molecular weight excluding hydrogens is 252 g/mol. The third-order valence-corrected chi connectivity index (χ3v) is 3.91. The quantitative estimate of drug-likeness (QED) is 0.724. The van der Waals surface area contributed by atoms with Gasteiger partial charge in [0.15, 0.2) is 11.9 Å². The fourth-order valence-corrected chi connectivity index (χ4v) is 3.25. The van der Waals surface area contributed by atoms with Gasteiger partial charge in [0.2, 0.25) is 0 Å². The number of ketones is 1. The Morgan fingerprint density at radius 1 is 1.58 bits per heavy atom. The molecule has 1 saturated carbocycles. The molecule has 2 rings (SSSR count). The number of Topliss-reactive ketones (excluding diaryl/α,β-unsaturated/α-hetero) is 1. The largest absolute Gasteiger partial charge is 0.457 e. The van der Waals surface area contributed by atoms with Crippen LogP contribution in [0.3, 0.4) is 0 Å². The molecule has 1 N–H and O–H groups in total.